The van der Waals surface area contributed by atoms with E-state index in [1.54, 1.807) is 23.7 Å². The number of hydrogen-bond donors (Lipinski definition) is 1. The fraction of sp³-hybridized carbons (Fsp3) is 0.444. The summed E-state index contributed by atoms with van der Waals surface area (Å²) in [4.78, 5) is 30.3. The van der Waals surface area contributed by atoms with E-state index in [-0.39, 0.29) is 29.6 Å². The molecule has 2 atom stereocenters. The highest BCUT2D eigenvalue weighted by molar-refractivity contribution is 5.90. The third-order valence-corrected chi connectivity index (χ3v) is 4.52. The highest BCUT2D eigenvalue weighted by Crippen LogP contribution is 2.25. The van der Waals surface area contributed by atoms with Crippen molar-refractivity contribution in [2.24, 2.45) is 5.92 Å². The predicted octanol–water partition coefficient (Wildman–Crippen LogP) is 1.64. The zero-order valence-electron chi connectivity index (χ0n) is 14.6. The molecule has 1 aromatic carbocycles. The van der Waals surface area contributed by atoms with E-state index < -0.39 is 0 Å². The molecule has 1 fully saturated rings. The summed E-state index contributed by atoms with van der Waals surface area (Å²) in [7, 11) is 3.54. The molecule has 0 unspecified atom stereocenters. The Balaban J connectivity index is 1.62. The number of amides is 2. The van der Waals surface area contributed by atoms with Crippen LogP contribution in [0.25, 0.3) is 5.69 Å². The predicted molar refractivity (Wildman–Crippen MR) is 93.3 cm³/mol. The third kappa shape index (κ3) is 4.04. The standard InChI is InChI=1S/C18H23N5O2/c1-22(2)18(25)13-7-6-8-14(11-13)20-17(24)16-19-12-23(21-16)15-9-4-3-5-10-15/h3-5,9-10,12-14H,6-8,11H2,1-2H3,(H,20,24)/t13-,14+/m1/s1. The summed E-state index contributed by atoms with van der Waals surface area (Å²) < 4.78 is 1.58. The Bertz CT molecular complexity index is 741. The first-order valence-electron chi connectivity index (χ1n) is 8.53. The van der Waals surface area contributed by atoms with Crippen LogP contribution in [0.15, 0.2) is 36.7 Å². The van der Waals surface area contributed by atoms with Crippen molar-refractivity contribution in [1.82, 2.24) is 25.0 Å². The number of aromatic nitrogens is 3. The smallest absolute Gasteiger partial charge is 0.291 e. The number of para-hydroxylation sites is 1. The van der Waals surface area contributed by atoms with Crippen LogP contribution in [0, 0.1) is 5.92 Å². The van der Waals surface area contributed by atoms with Crippen molar-refractivity contribution in [2.45, 2.75) is 31.7 Å². The van der Waals surface area contributed by atoms with Gasteiger partial charge in [-0.2, -0.15) is 0 Å². The van der Waals surface area contributed by atoms with E-state index in [0.717, 1.165) is 24.9 Å². The molecular formula is C18H23N5O2. The molecule has 1 aromatic heterocycles. The average Bonchev–Trinajstić information content (AvgIpc) is 3.12. The molecule has 0 spiro atoms. The molecule has 2 amide bonds. The molecule has 0 bridgehead atoms. The van der Waals surface area contributed by atoms with Crippen molar-refractivity contribution in [1.29, 1.82) is 0 Å². The lowest BCUT2D eigenvalue weighted by molar-refractivity contribution is -0.134. The van der Waals surface area contributed by atoms with Crippen LogP contribution < -0.4 is 5.32 Å². The first-order valence-corrected chi connectivity index (χ1v) is 8.53. The van der Waals surface area contributed by atoms with Gasteiger partial charge in [-0.25, -0.2) is 9.67 Å². The number of carbonyl (C=O) groups excluding carboxylic acids is 2. The second-order valence-corrected chi connectivity index (χ2v) is 6.61. The molecule has 1 saturated carbocycles. The van der Waals surface area contributed by atoms with Gasteiger partial charge in [-0.15, -0.1) is 5.10 Å². The average molecular weight is 341 g/mol. The van der Waals surface area contributed by atoms with E-state index in [0.29, 0.717) is 6.42 Å². The number of hydrogen-bond acceptors (Lipinski definition) is 4. The van der Waals surface area contributed by atoms with E-state index in [1.165, 1.54) is 6.33 Å². The zero-order chi connectivity index (χ0) is 17.8. The molecule has 0 radical (unpaired) electrons. The number of nitrogens with one attached hydrogen (secondary N) is 1. The Morgan fingerprint density at radius 3 is 2.68 bits per heavy atom. The van der Waals surface area contributed by atoms with E-state index >= 15 is 0 Å². The second-order valence-electron chi connectivity index (χ2n) is 6.61. The van der Waals surface area contributed by atoms with Crippen molar-refractivity contribution in [3.05, 3.63) is 42.5 Å². The fourth-order valence-electron chi connectivity index (χ4n) is 3.23. The molecule has 2 aromatic rings. The maximum atomic E-state index is 12.4. The fourth-order valence-corrected chi connectivity index (χ4v) is 3.23. The van der Waals surface area contributed by atoms with Gasteiger partial charge in [0, 0.05) is 26.1 Å². The van der Waals surface area contributed by atoms with Gasteiger partial charge in [0.2, 0.25) is 11.7 Å². The van der Waals surface area contributed by atoms with Gasteiger partial charge in [0.25, 0.3) is 5.91 Å². The summed E-state index contributed by atoms with van der Waals surface area (Å²) in [6.45, 7) is 0. The lowest BCUT2D eigenvalue weighted by Crippen LogP contribution is -2.42. The maximum Gasteiger partial charge on any atom is 0.291 e. The van der Waals surface area contributed by atoms with Gasteiger partial charge in [0.15, 0.2) is 0 Å². The van der Waals surface area contributed by atoms with Crippen LogP contribution in [0.2, 0.25) is 0 Å². The molecule has 1 N–H and O–H groups in total. The van der Waals surface area contributed by atoms with Crippen molar-refractivity contribution in [3.63, 3.8) is 0 Å². The first kappa shape index (κ1) is 17.1. The van der Waals surface area contributed by atoms with E-state index in [9.17, 15) is 9.59 Å². The summed E-state index contributed by atoms with van der Waals surface area (Å²) in [5.74, 6) is -0.0446. The van der Waals surface area contributed by atoms with Gasteiger partial charge in [-0.05, 0) is 31.4 Å². The minimum absolute atomic E-state index is 0.0150. The van der Waals surface area contributed by atoms with Gasteiger partial charge >= 0.3 is 0 Å². The van der Waals surface area contributed by atoms with Gasteiger partial charge < -0.3 is 10.2 Å². The largest absolute Gasteiger partial charge is 0.349 e. The highest BCUT2D eigenvalue weighted by atomic mass is 16.2. The molecule has 3 rings (SSSR count). The first-order chi connectivity index (χ1) is 12.0. The van der Waals surface area contributed by atoms with Gasteiger partial charge in [0.05, 0.1) is 5.69 Å². The molecule has 7 nitrogen and oxygen atoms in total. The topological polar surface area (TPSA) is 80.1 Å². The van der Waals surface area contributed by atoms with E-state index in [2.05, 4.69) is 15.4 Å². The Hall–Kier alpha value is -2.70. The third-order valence-electron chi connectivity index (χ3n) is 4.52. The number of carbonyl (C=O) groups is 2. The molecule has 132 valence electrons. The number of benzene rings is 1. The molecule has 1 heterocycles. The number of nitrogens with zero attached hydrogens (tertiary/aromatic N) is 4. The maximum absolute atomic E-state index is 12.4. The Morgan fingerprint density at radius 1 is 1.20 bits per heavy atom. The summed E-state index contributed by atoms with van der Waals surface area (Å²) in [6, 6.07) is 9.51. The minimum atomic E-state index is -0.294. The van der Waals surface area contributed by atoms with Crippen molar-refractivity contribution in [3.8, 4) is 5.69 Å². The normalized spacial score (nSPS) is 20.1. The van der Waals surface area contributed by atoms with Crippen molar-refractivity contribution >= 4 is 11.8 Å². The van der Waals surface area contributed by atoms with Crippen LogP contribution >= 0.6 is 0 Å². The quantitative estimate of drug-likeness (QED) is 0.917. The summed E-state index contributed by atoms with van der Waals surface area (Å²) in [5, 5.41) is 7.22. The lowest BCUT2D eigenvalue weighted by Gasteiger charge is -2.30. The van der Waals surface area contributed by atoms with Gasteiger partial charge in [-0.1, -0.05) is 24.6 Å². The highest BCUT2D eigenvalue weighted by Gasteiger charge is 2.29. The SMILES string of the molecule is CN(C)C(=O)[C@@H]1CCC[C@H](NC(=O)c2ncn(-c3ccccc3)n2)C1. The van der Waals surface area contributed by atoms with Crippen molar-refractivity contribution < 1.29 is 9.59 Å². The molecule has 7 heteroatoms. The summed E-state index contributed by atoms with van der Waals surface area (Å²) in [5.41, 5.74) is 0.850. The van der Waals surface area contributed by atoms with Crippen LogP contribution in [0.4, 0.5) is 0 Å². The van der Waals surface area contributed by atoms with Gasteiger partial charge in [-0.3, -0.25) is 9.59 Å². The van der Waals surface area contributed by atoms with Gasteiger partial charge in [0.1, 0.15) is 6.33 Å². The molecular weight excluding hydrogens is 318 g/mol. The van der Waals surface area contributed by atoms with Crippen LogP contribution in [0.5, 0.6) is 0 Å². The minimum Gasteiger partial charge on any atom is -0.349 e. The lowest BCUT2D eigenvalue weighted by atomic mass is 9.85. The second kappa shape index (κ2) is 7.46. The monoisotopic (exact) mass is 341 g/mol. The Kier molecular flexibility index (Phi) is 5.11. The van der Waals surface area contributed by atoms with Crippen molar-refractivity contribution in [2.75, 3.05) is 14.1 Å². The Morgan fingerprint density at radius 2 is 1.96 bits per heavy atom. The van der Waals surface area contributed by atoms with E-state index in [4.69, 9.17) is 0 Å². The molecule has 0 saturated heterocycles. The molecule has 25 heavy (non-hydrogen) atoms. The van der Waals surface area contributed by atoms with Crippen LogP contribution in [0.3, 0.4) is 0 Å². The molecule has 1 aliphatic rings. The zero-order valence-corrected chi connectivity index (χ0v) is 14.6. The summed E-state index contributed by atoms with van der Waals surface area (Å²) >= 11 is 0. The van der Waals surface area contributed by atoms with Crippen LogP contribution in [0.1, 0.15) is 36.3 Å². The van der Waals surface area contributed by atoms with Crippen LogP contribution in [-0.2, 0) is 4.79 Å². The molecule has 0 aliphatic heterocycles. The number of rotatable bonds is 4. The molecule has 1 aliphatic carbocycles. The van der Waals surface area contributed by atoms with E-state index in [1.807, 2.05) is 30.3 Å². The van der Waals surface area contributed by atoms with Crippen LogP contribution in [-0.4, -0.2) is 51.6 Å². The Labute approximate surface area is 147 Å². The summed E-state index contributed by atoms with van der Waals surface area (Å²) in [6.07, 6.45) is 4.89.